The van der Waals surface area contributed by atoms with Gasteiger partial charge in [0.2, 0.25) is 0 Å². The highest BCUT2D eigenvalue weighted by Crippen LogP contribution is 2.23. The minimum Gasteiger partial charge on any atom is -0.384 e. The molecule has 0 saturated heterocycles. The van der Waals surface area contributed by atoms with Crippen molar-refractivity contribution in [1.29, 1.82) is 0 Å². The molecule has 0 saturated carbocycles. The second kappa shape index (κ2) is 5.41. The summed E-state index contributed by atoms with van der Waals surface area (Å²) >= 11 is 0. The Labute approximate surface area is 114 Å². The Hall–Kier alpha value is -1.87. The van der Waals surface area contributed by atoms with Gasteiger partial charge in [-0.3, -0.25) is 9.88 Å². The summed E-state index contributed by atoms with van der Waals surface area (Å²) in [6, 6.07) is 12.8. The Morgan fingerprint density at radius 2 is 2.16 bits per heavy atom. The van der Waals surface area contributed by atoms with Crippen LogP contribution in [0.3, 0.4) is 0 Å². The zero-order valence-electron chi connectivity index (χ0n) is 11.3. The van der Waals surface area contributed by atoms with E-state index in [0.29, 0.717) is 0 Å². The van der Waals surface area contributed by atoms with Crippen LogP contribution < -0.4 is 5.32 Å². The summed E-state index contributed by atoms with van der Waals surface area (Å²) in [5, 5.41) is 3.43. The number of nitrogens with zero attached hydrogens (tertiary/aromatic N) is 2. The SMILES string of the molecule is CN(Cc1ccc2c(c1)NCC2)Cc1ccccn1. The number of hydrogen-bond donors (Lipinski definition) is 1. The van der Waals surface area contributed by atoms with Gasteiger partial charge in [-0.05, 0) is 42.8 Å². The van der Waals surface area contributed by atoms with Gasteiger partial charge in [-0.1, -0.05) is 18.2 Å². The molecule has 1 aliphatic heterocycles. The maximum absolute atomic E-state index is 4.36. The number of rotatable bonds is 4. The van der Waals surface area contributed by atoms with Crippen LogP contribution in [0.5, 0.6) is 0 Å². The van der Waals surface area contributed by atoms with E-state index in [-0.39, 0.29) is 0 Å². The molecule has 0 aliphatic carbocycles. The van der Waals surface area contributed by atoms with Gasteiger partial charge in [-0.2, -0.15) is 0 Å². The highest BCUT2D eigenvalue weighted by molar-refractivity contribution is 5.56. The maximum Gasteiger partial charge on any atom is 0.0543 e. The predicted molar refractivity (Wildman–Crippen MR) is 78.0 cm³/mol. The number of nitrogens with one attached hydrogen (secondary N) is 1. The summed E-state index contributed by atoms with van der Waals surface area (Å²) in [6.45, 7) is 2.90. The number of fused-ring (bicyclic) bond motifs is 1. The van der Waals surface area contributed by atoms with Crippen LogP contribution in [0.15, 0.2) is 42.6 Å². The topological polar surface area (TPSA) is 28.2 Å². The van der Waals surface area contributed by atoms with Crippen molar-refractivity contribution >= 4 is 5.69 Å². The number of anilines is 1. The molecule has 0 unspecified atom stereocenters. The summed E-state index contributed by atoms with van der Waals surface area (Å²) in [5.41, 5.74) is 5.22. The first-order valence-electron chi connectivity index (χ1n) is 6.75. The van der Waals surface area contributed by atoms with Crippen molar-refractivity contribution in [3.05, 3.63) is 59.4 Å². The van der Waals surface area contributed by atoms with Gasteiger partial charge in [0, 0.05) is 31.5 Å². The van der Waals surface area contributed by atoms with Gasteiger partial charge in [0.25, 0.3) is 0 Å². The molecule has 98 valence electrons. The first-order chi connectivity index (χ1) is 9.31. The van der Waals surface area contributed by atoms with Gasteiger partial charge in [0.1, 0.15) is 0 Å². The first kappa shape index (κ1) is 12.2. The second-order valence-corrected chi connectivity index (χ2v) is 5.16. The van der Waals surface area contributed by atoms with Crippen LogP contribution in [0.2, 0.25) is 0 Å². The average molecular weight is 253 g/mol. The third kappa shape index (κ3) is 2.93. The maximum atomic E-state index is 4.36. The van der Waals surface area contributed by atoms with E-state index in [0.717, 1.165) is 31.7 Å². The molecule has 0 spiro atoms. The van der Waals surface area contributed by atoms with E-state index >= 15 is 0 Å². The monoisotopic (exact) mass is 253 g/mol. The summed E-state index contributed by atoms with van der Waals surface area (Å²) in [7, 11) is 2.13. The van der Waals surface area contributed by atoms with E-state index in [1.54, 1.807) is 0 Å². The van der Waals surface area contributed by atoms with E-state index in [4.69, 9.17) is 0 Å². The minimum absolute atomic E-state index is 0.880. The molecule has 3 heteroatoms. The van der Waals surface area contributed by atoms with E-state index in [1.807, 2.05) is 18.3 Å². The van der Waals surface area contributed by atoms with Gasteiger partial charge in [-0.25, -0.2) is 0 Å². The van der Waals surface area contributed by atoms with Crippen molar-refractivity contribution in [1.82, 2.24) is 9.88 Å². The van der Waals surface area contributed by atoms with Crippen molar-refractivity contribution in [2.24, 2.45) is 0 Å². The fraction of sp³-hybridized carbons (Fsp3) is 0.312. The Morgan fingerprint density at radius 1 is 1.21 bits per heavy atom. The lowest BCUT2D eigenvalue weighted by molar-refractivity contribution is 0.315. The van der Waals surface area contributed by atoms with E-state index in [1.165, 1.54) is 16.8 Å². The lowest BCUT2D eigenvalue weighted by atomic mass is 10.1. The largest absolute Gasteiger partial charge is 0.384 e. The van der Waals surface area contributed by atoms with Gasteiger partial charge >= 0.3 is 0 Å². The van der Waals surface area contributed by atoms with Crippen LogP contribution in [0.1, 0.15) is 16.8 Å². The first-order valence-corrected chi connectivity index (χ1v) is 6.75. The molecule has 1 N–H and O–H groups in total. The van der Waals surface area contributed by atoms with Crippen molar-refractivity contribution in [2.75, 3.05) is 18.9 Å². The van der Waals surface area contributed by atoms with Crippen LogP contribution in [-0.2, 0) is 19.5 Å². The molecular formula is C16H19N3. The molecule has 0 fully saturated rings. The molecule has 3 nitrogen and oxygen atoms in total. The molecular weight excluding hydrogens is 234 g/mol. The third-order valence-electron chi connectivity index (χ3n) is 3.49. The highest BCUT2D eigenvalue weighted by atomic mass is 15.1. The molecule has 1 aliphatic rings. The summed E-state index contributed by atoms with van der Waals surface area (Å²) < 4.78 is 0. The molecule has 0 atom stereocenters. The summed E-state index contributed by atoms with van der Waals surface area (Å²) in [5.74, 6) is 0. The Balaban J connectivity index is 1.65. The Kier molecular flexibility index (Phi) is 3.47. The molecule has 2 aromatic rings. The number of benzene rings is 1. The van der Waals surface area contributed by atoms with Crippen molar-refractivity contribution < 1.29 is 0 Å². The second-order valence-electron chi connectivity index (χ2n) is 5.16. The van der Waals surface area contributed by atoms with Crippen LogP contribution in [0, 0.1) is 0 Å². The van der Waals surface area contributed by atoms with Gasteiger partial charge in [-0.15, -0.1) is 0 Å². The Bertz CT molecular complexity index is 551. The molecule has 1 aromatic carbocycles. The van der Waals surface area contributed by atoms with Crippen LogP contribution >= 0.6 is 0 Å². The molecule has 0 bridgehead atoms. The highest BCUT2D eigenvalue weighted by Gasteiger charge is 2.10. The summed E-state index contributed by atoms with van der Waals surface area (Å²) in [6.07, 6.45) is 3.00. The van der Waals surface area contributed by atoms with Crippen molar-refractivity contribution in [3.63, 3.8) is 0 Å². The van der Waals surface area contributed by atoms with E-state index < -0.39 is 0 Å². The summed E-state index contributed by atoms with van der Waals surface area (Å²) in [4.78, 5) is 6.65. The fourth-order valence-corrected chi connectivity index (χ4v) is 2.57. The number of hydrogen-bond acceptors (Lipinski definition) is 3. The molecule has 3 rings (SSSR count). The van der Waals surface area contributed by atoms with Crippen molar-refractivity contribution in [2.45, 2.75) is 19.5 Å². The lowest BCUT2D eigenvalue weighted by Gasteiger charge is -2.16. The molecule has 19 heavy (non-hydrogen) atoms. The minimum atomic E-state index is 0.880. The smallest absolute Gasteiger partial charge is 0.0543 e. The van der Waals surface area contributed by atoms with Crippen molar-refractivity contribution in [3.8, 4) is 0 Å². The van der Waals surface area contributed by atoms with E-state index in [9.17, 15) is 0 Å². The van der Waals surface area contributed by atoms with E-state index in [2.05, 4.69) is 46.5 Å². The molecule has 1 aromatic heterocycles. The van der Waals surface area contributed by atoms with Crippen LogP contribution in [0.25, 0.3) is 0 Å². The normalized spacial score (nSPS) is 13.4. The van der Waals surface area contributed by atoms with Crippen LogP contribution in [0.4, 0.5) is 5.69 Å². The molecule has 0 amide bonds. The number of pyridine rings is 1. The average Bonchev–Trinajstić information content (AvgIpc) is 2.87. The van der Waals surface area contributed by atoms with Gasteiger partial charge in [0.05, 0.1) is 5.69 Å². The molecule has 0 radical (unpaired) electrons. The van der Waals surface area contributed by atoms with Gasteiger partial charge in [0.15, 0.2) is 0 Å². The third-order valence-corrected chi connectivity index (χ3v) is 3.49. The standard InChI is InChI=1S/C16H19N3/c1-19(12-15-4-2-3-8-17-15)11-13-5-6-14-7-9-18-16(14)10-13/h2-6,8,10,18H,7,9,11-12H2,1H3. The number of aromatic nitrogens is 1. The van der Waals surface area contributed by atoms with Gasteiger partial charge < -0.3 is 5.32 Å². The predicted octanol–water partition coefficient (Wildman–Crippen LogP) is 2.68. The zero-order chi connectivity index (χ0) is 13.1. The Morgan fingerprint density at radius 3 is 3.00 bits per heavy atom. The fourth-order valence-electron chi connectivity index (χ4n) is 2.57. The quantitative estimate of drug-likeness (QED) is 0.908. The molecule has 2 heterocycles. The van der Waals surface area contributed by atoms with Crippen LogP contribution in [-0.4, -0.2) is 23.5 Å². The lowest BCUT2D eigenvalue weighted by Crippen LogP contribution is -2.17. The zero-order valence-corrected chi connectivity index (χ0v) is 11.3.